The number of aromatic nitrogens is 1. The quantitative estimate of drug-likeness (QED) is 0.625. The molecule has 1 aromatic carbocycles. The van der Waals surface area contributed by atoms with Gasteiger partial charge in [-0.25, -0.2) is 0 Å². The first-order valence-corrected chi connectivity index (χ1v) is 7.60. The second kappa shape index (κ2) is 8.13. The van der Waals surface area contributed by atoms with Gasteiger partial charge in [-0.2, -0.15) is 4.57 Å². The van der Waals surface area contributed by atoms with E-state index in [2.05, 4.69) is 54.0 Å². The molecule has 114 valence electrons. The monoisotopic (exact) mass is 296 g/mol. The largest absolute Gasteiger partial charge is 0.481 e. The smallest absolute Gasteiger partial charge is 0.303 e. The molecule has 0 aliphatic carbocycles. The summed E-state index contributed by atoms with van der Waals surface area (Å²) >= 11 is 0. The number of aliphatic carboxylic acids is 1. The van der Waals surface area contributed by atoms with Crippen LogP contribution in [0.15, 0.2) is 48.7 Å². The number of rotatable bonds is 7. The van der Waals surface area contributed by atoms with Crippen LogP contribution in [0.1, 0.15) is 36.1 Å². The Balaban J connectivity index is 2.03. The zero-order valence-electron chi connectivity index (χ0n) is 12.9. The topological polar surface area (TPSA) is 41.2 Å². The molecule has 0 radical (unpaired) electrons. The van der Waals surface area contributed by atoms with E-state index in [0.717, 1.165) is 18.7 Å². The lowest BCUT2D eigenvalue weighted by Crippen LogP contribution is -2.36. The van der Waals surface area contributed by atoms with E-state index in [9.17, 15) is 4.79 Å². The van der Waals surface area contributed by atoms with E-state index in [1.165, 1.54) is 11.1 Å². The highest BCUT2D eigenvalue weighted by Gasteiger charge is 2.06. The molecular weight excluding hydrogens is 274 g/mol. The lowest BCUT2D eigenvalue weighted by molar-refractivity contribution is -0.699. The Morgan fingerprint density at radius 3 is 2.77 bits per heavy atom. The highest BCUT2D eigenvalue weighted by molar-refractivity contribution is 5.67. The van der Waals surface area contributed by atoms with Crippen molar-refractivity contribution in [3.63, 3.8) is 0 Å². The number of carboxylic acids is 1. The number of nitrogens with zero attached hydrogens (tertiary/aromatic N) is 1. The maximum Gasteiger partial charge on any atom is 0.303 e. The highest BCUT2D eigenvalue weighted by Crippen LogP contribution is 2.08. The summed E-state index contributed by atoms with van der Waals surface area (Å²) in [5, 5.41) is 8.68. The molecule has 2 rings (SSSR count). The summed E-state index contributed by atoms with van der Waals surface area (Å²) in [6, 6.07) is 14.5. The van der Waals surface area contributed by atoms with E-state index in [-0.39, 0.29) is 6.42 Å². The highest BCUT2D eigenvalue weighted by atomic mass is 16.4. The van der Waals surface area contributed by atoms with Gasteiger partial charge in [-0.15, -0.1) is 0 Å². The van der Waals surface area contributed by atoms with E-state index >= 15 is 0 Å². The number of unbranched alkanes of at least 4 members (excludes halogenated alkanes) is 1. The van der Waals surface area contributed by atoms with Crippen molar-refractivity contribution < 1.29 is 14.5 Å². The molecule has 0 atom stereocenters. The molecule has 0 bridgehead atoms. The first-order valence-electron chi connectivity index (χ1n) is 7.60. The third kappa shape index (κ3) is 5.17. The number of benzene rings is 1. The second-order valence-electron chi connectivity index (χ2n) is 5.42. The van der Waals surface area contributed by atoms with Gasteiger partial charge in [-0.3, -0.25) is 4.79 Å². The Hall–Kier alpha value is -2.42. The molecule has 0 fully saturated rings. The molecule has 0 aliphatic rings. The van der Waals surface area contributed by atoms with E-state index in [1.54, 1.807) is 0 Å². The number of carboxylic acid groups (broad SMARTS) is 1. The van der Waals surface area contributed by atoms with Crippen molar-refractivity contribution in [3.05, 3.63) is 65.5 Å². The van der Waals surface area contributed by atoms with Crippen LogP contribution in [-0.4, -0.2) is 11.1 Å². The van der Waals surface area contributed by atoms with Gasteiger partial charge in [0.05, 0.1) is 0 Å². The van der Waals surface area contributed by atoms with Crippen molar-refractivity contribution in [1.29, 1.82) is 0 Å². The summed E-state index contributed by atoms with van der Waals surface area (Å²) in [5.41, 5.74) is 3.55. The van der Waals surface area contributed by atoms with E-state index in [0.29, 0.717) is 6.42 Å². The van der Waals surface area contributed by atoms with Gasteiger partial charge in [-0.05, 0) is 31.1 Å². The van der Waals surface area contributed by atoms with Crippen molar-refractivity contribution in [2.45, 2.75) is 32.7 Å². The Morgan fingerprint density at radius 2 is 2.00 bits per heavy atom. The van der Waals surface area contributed by atoms with Crippen molar-refractivity contribution >= 4 is 18.1 Å². The molecule has 2 aromatic rings. The minimum Gasteiger partial charge on any atom is -0.481 e. The molecular formula is C19H22NO2+. The molecule has 0 amide bonds. The molecule has 0 unspecified atom stereocenters. The standard InChI is InChI=1S/C19H21NO2/c1-16-7-6-8-17(15-16)11-12-18-9-2-4-13-20(18)14-5-3-10-19(21)22/h2,4,6-9,11-13,15H,3,5,10,14H2,1H3/p+1/b12-11+. The van der Waals surface area contributed by atoms with Crippen LogP contribution in [0.25, 0.3) is 12.2 Å². The first-order chi connectivity index (χ1) is 10.6. The molecule has 22 heavy (non-hydrogen) atoms. The SMILES string of the molecule is Cc1cccc(/C=C/c2cccc[n+]2CCCCC(=O)O)c1. The fourth-order valence-corrected chi connectivity index (χ4v) is 2.36. The number of hydrogen-bond acceptors (Lipinski definition) is 1. The minimum atomic E-state index is -0.724. The zero-order chi connectivity index (χ0) is 15.8. The van der Waals surface area contributed by atoms with Crippen LogP contribution < -0.4 is 4.57 Å². The fraction of sp³-hybridized carbons (Fsp3) is 0.263. The average Bonchev–Trinajstić information content (AvgIpc) is 2.50. The van der Waals surface area contributed by atoms with Gasteiger partial charge >= 0.3 is 5.97 Å². The van der Waals surface area contributed by atoms with Gasteiger partial charge < -0.3 is 5.11 Å². The molecule has 1 heterocycles. The summed E-state index contributed by atoms with van der Waals surface area (Å²) in [4.78, 5) is 10.5. The van der Waals surface area contributed by atoms with Crippen molar-refractivity contribution in [2.75, 3.05) is 0 Å². The Morgan fingerprint density at radius 1 is 1.14 bits per heavy atom. The molecule has 3 heteroatoms. The normalized spacial score (nSPS) is 11.0. The second-order valence-corrected chi connectivity index (χ2v) is 5.42. The fourth-order valence-electron chi connectivity index (χ4n) is 2.36. The first kappa shape index (κ1) is 16.0. The van der Waals surface area contributed by atoms with E-state index < -0.39 is 5.97 Å². The van der Waals surface area contributed by atoms with Crippen LogP contribution in [0.2, 0.25) is 0 Å². The van der Waals surface area contributed by atoms with E-state index in [1.807, 2.05) is 18.3 Å². The number of carbonyl (C=O) groups is 1. The molecule has 3 nitrogen and oxygen atoms in total. The lowest BCUT2D eigenvalue weighted by Gasteiger charge is -2.00. The average molecular weight is 296 g/mol. The molecule has 0 aliphatic heterocycles. The predicted molar refractivity (Wildman–Crippen MR) is 88.2 cm³/mol. The van der Waals surface area contributed by atoms with Crippen molar-refractivity contribution in [1.82, 2.24) is 0 Å². The number of pyridine rings is 1. The van der Waals surface area contributed by atoms with Gasteiger partial charge in [0.25, 0.3) is 0 Å². The minimum absolute atomic E-state index is 0.238. The molecule has 1 aromatic heterocycles. The van der Waals surface area contributed by atoms with Gasteiger partial charge in [0.15, 0.2) is 6.20 Å². The molecule has 0 saturated heterocycles. The van der Waals surface area contributed by atoms with Gasteiger partial charge in [0.1, 0.15) is 6.54 Å². The van der Waals surface area contributed by atoms with Gasteiger partial charge in [0, 0.05) is 31.1 Å². The summed E-state index contributed by atoms with van der Waals surface area (Å²) in [6.07, 6.45) is 8.06. The van der Waals surface area contributed by atoms with Crippen molar-refractivity contribution in [2.24, 2.45) is 0 Å². The molecule has 0 saturated carbocycles. The Kier molecular flexibility index (Phi) is 5.90. The van der Waals surface area contributed by atoms with Gasteiger partial charge in [0.2, 0.25) is 5.69 Å². The molecule has 0 spiro atoms. The van der Waals surface area contributed by atoms with Gasteiger partial charge in [-0.1, -0.05) is 29.8 Å². The maximum atomic E-state index is 10.5. The zero-order valence-corrected chi connectivity index (χ0v) is 12.9. The molecule has 1 N–H and O–H groups in total. The maximum absolute atomic E-state index is 10.5. The van der Waals surface area contributed by atoms with Crippen LogP contribution in [0.4, 0.5) is 0 Å². The third-order valence-electron chi connectivity index (χ3n) is 3.50. The summed E-state index contributed by atoms with van der Waals surface area (Å²) in [5.74, 6) is -0.724. The third-order valence-corrected chi connectivity index (χ3v) is 3.50. The number of hydrogen-bond donors (Lipinski definition) is 1. The Labute approximate surface area is 131 Å². The van der Waals surface area contributed by atoms with Crippen LogP contribution in [0, 0.1) is 6.92 Å². The number of aryl methyl sites for hydroxylation is 2. The summed E-state index contributed by atoms with van der Waals surface area (Å²) < 4.78 is 2.16. The van der Waals surface area contributed by atoms with Crippen LogP contribution in [0.5, 0.6) is 0 Å². The summed E-state index contributed by atoms with van der Waals surface area (Å²) in [6.45, 7) is 2.92. The van der Waals surface area contributed by atoms with Crippen LogP contribution >= 0.6 is 0 Å². The van der Waals surface area contributed by atoms with Crippen LogP contribution in [0.3, 0.4) is 0 Å². The van der Waals surface area contributed by atoms with Crippen LogP contribution in [-0.2, 0) is 11.3 Å². The Bertz CT molecular complexity index is 662. The van der Waals surface area contributed by atoms with E-state index in [4.69, 9.17) is 5.11 Å². The predicted octanol–water partition coefficient (Wildman–Crippen LogP) is 3.71. The summed E-state index contributed by atoms with van der Waals surface area (Å²) in [7, 11) is 0. The van der Waals surface area contributed by atoms with Crippen molar-refractivity contribution in [3.8, 4) is 0 Å². The lowest BCUT2D eigenvalue weighted by atomic mass is 10.1.